The van der Waals surface area contributed by atoms with E-state index in [2.05, 4.69) is 0 Å². The van der Waals surface area contributed by atoms with E-state index in [4.69, 9.17) is 28.9 Å². The van der Waals surface area contributed by atoms with Crippen molar-refractivity contribution in [3.63, 3.8) is 0 Å². The van der Waals surface area contributed by atoms with E-state index < -0.39 is 51.6 Å². The van der Waals surface area contributed by atoms with Gasteiger partial charge in [0.1, 0.15) is 17.7 Å². The average Bonchev–Trinajstić information content (AvgIpc) is 2.85. The molecule has 1 atom stereocenters. The van der Waals surface area contributed by atoms with Crippen molar-refractivity contribution in [3.8, 4) is 0 Å². The fourth-order valence-corrected chi connectivity index (χ4v) is 6.59. The van der Waals surface area contributed by atoms with Gasteiger partial charge in [-0.2, -0.15) is 0 Å². The van der Waals surface area contributed by atoms with Gasteiger partial charge in [-0.15, -0.1) is 0 Å². The molecule has 0 bridgehead atoms. The third-order valence-corrected chi connectivity index (χ3v) is 8.65. The number of amides is 3. The van der Waals surface area contributed by atoms with Crippen LogP contribution in [0.5, 0.6) is 0 Å². The van der Waals surface area contributed by atoms with E-state index in [1.807, 2.05) is 29.2 Å². The lowest BCUT2D eigenvalue weighted by atomic mass is 9.92. The molecule has 4 rings (SSSR count). The van der Waals surface area contributed by atoms with E-state index in [0.29, 0.717) is 20.4 Å². The summed E-state index contributed by atoms with van der Waals surface area (Å²) in [6.07, 6.45) is 0.776. The molecule has 2 N–H and O–H groups in total. The van der Waals surface area contributed by atoms with Crippen molar-refractivity contribution in [2.24, 2.45) is 11.7 Å². The van der Waals surface area contributed by atoms with Gasteiger partial charge in [-0.3, -0.25) is 14.6 Å². The Labute approximate surface area is 253 Å². The van der Waals surface area contributed by atoms with Gasteiger partial charge < -0.3 is 5.73 Å². The molecule has 8 nitrogen and oxygen atoms in total. The predicted molar refractivity (Wildman–Crippen MR) is 159 cm³/mol. The summed E-state index contributed by atoms with van der Waals surface area (Å²) >= 11 is 12.2. The number of nitrogens with zero attached hydrogens (tertiary/aromatic N) is 3. The first-order valence-corrected chi connectivity index (χ1v) is 15.6. The van der Waals surface area contributed by atoms with Gasteiger partial charge in [-0.1, -0.05) is 61.3 Å². The molecular weight excluding hydrogens is 609 g/mol. The molecule has 1 heterocycles. The highest BCUT2D eigenvalue weighted by Crippen LogP contribution is 2.37. The summed E-state index contributed by atoms with van der Waals surface area (Å²) in [4.78, 5) is 29.5. The van der Waals surface area contributed by atoms with Crippen LogP contribution in [0.3, 0.4) is 0 Å². The van der Waals surface area contributed by atoms with Gasteiger partial charge in [0, 0.05) is 29.2 Å². The van der Waals surface area contributed by atoms with Crippen molar-refractivity contribution in [1.29, 1.82) is 0 Å². The number of sulfonamides is 1. The Kier molecular flexibility index (Phi) is 9.46. The molecule has 1 unspecified atom stereocenters. The van der Waals surface area contributed by atoms with E-state index in [9.17, 15) is 26.8 Å². The van der Waals surface area contributed by atoms with Crippen LogP contribution in [0.15, 0.2) is 66.7 Å². The first-order chi connectivity index (χ1) is 19.7. The van der Waals surface area contributed by atoms with Crippen LogP contribution in [0.2, 0.25) is 10.0 Å². The maximum absolute atomic E-state index is 14.4. The minimum absolute atomic E-state index is 0.195. The Balaban J connectivity index is 1.76. The monoisotopic (exact) mass is 638 g/mol. The average molecular weight is 640 g/mol. The van der Waals surface area contributed by atoms with Crippen molar-refractivity contribution in [1.82, 2.24) is 9.21 Å². The van der Waals surface area contributed by atoms with Gasteiger partial charge in [-0.05, 0) is 53.4 Å². The number of rotatable bonds is 9. The first-order valence-electron chi connectivity index (χ1n) is 13.0. The Morgan fingerprint density at radius 1 is 0.905 bits per heavy atom. The zero-order valence-electron chi connectivity index (χ0n) is 23.0. The van der Waals surface area contributed by atoms with Crippen molar-refractivity contribution in [3.05, 3.63) is 99.5 Å². The zero-order chi connectivity index (χ0) is 30.9. The summed E-state index contributed by atoms with van der Waals surface area (Å²) in [6, 6.07) is 13.3. The lowest BCUT2D eigenvalue weighted by Gasteiger charge is -2.50. The number of carbonyl (C=O) groups is 2. The number of carbonyl (C=O) groups excluding carboxylic acids is 2. The lowest BCUT2D eigenvalue weighted by molar-refractivity contribution is -0.122. The molecule has 1 saturated heterocycles. The van der Waals surface area contributed by atoms with Crippen LogP contribution >= 0.6 is 23.2 Å². The third-order valence-electron chi connectivity index (χ3n) is 7.05. The van der Waals surface area contributed by atoms with Crippen molar-refractivity contribution < 1.29 is 26.8 Å². The maximum Gasteiger partial charge on any atom is 0.339 e. The Hall–Kier alpha value is -3.25. The fraction of sp³-hybridized carbons (Fsp3) is 0.310. The second-order valence-electron chi connectivity index (χ2n) is 10.5. The highest BCUT2D eigenvalue weighted by atomic mass is 35.5. The highest BCUT2D eigenvalue weighted by molar-refractivity contribution is 7.89. The number of hydrogen-bond donors (Lipinski definition) is 1. The molecule has 3 aromatic carbocycles. The van der Waals surface area contributed by atoms with Gasteiger partial charge in [0.15, 0.2) is 0 Å². The molecule has 0 aliphatic carbocycles. The van der Waals surface area contributed by atoms with Crippen LogP contribution in [0, 0.1) is 17.6 Å². The summed E-state index contributed by atoms with van der Waals surface area (Å²) in [6.45, 7) is 3.47. The number of halogens is 4. The first kappa shape index (κ1) is 31.7. The van der Waals surface area contributed by atoms with Crippen LogP contribution in [-0.4, -0.2) is 61.0 Å². The fourth-order valence-electron chi connectivity index (χ4n) is 5.21. The molecule has 3 amide bonds. The van der Waals surface area contributed by atoms with E-state index >= 15 is 0 Å². The number of nitrogens with two attached hydrogens (primary N) is 1. The maximum atomic E-state index is 14.4. The van der Waals surface area contributed by atoms with Crippen LogP contribution in [0.1, 0.15) is 31.0 Å². The molecule has 0 radical (unpaired) electrons. The standard InChI is InChI=1S/C29H30Cl2F2N4O4S/c1-17(2)26(28(34)38)37(42(3,40)41)29(39)36(24-13-22(32)12-23(33)14-24)25-15-35(16-25)27(18-4-8-20(30)9-5-18)19-6-10-21(31)11-7-19/h4-14,17,25-27H,15-16H2,1-3H3,(H2,34,38). The van der Waals surface area contributed by atoms with E-state index in [0.717, 1.165) is 34.4 Å². The predicted octanol–water partition coefficient (Wildman–Crippen LogP) is 5.44. The van der Waals surface area contributed by atoms with E-state index in [1.54, 1.807) is 38.1 Å². The summed E-state index contributed by atoms with van der Waals surface area (Å²) in [5, 5.41) is 1.10. The molecule has 0 saturated carbocycles. The van der Waals surface area contributed by atoms with Crippen LogP contribution in [0.25, 0.3) is 0 Å². The largest absolute Gasteiger partial charge is 0.368 e. The number of hydrogen-bond acceptors (Lipinski definition) is 5. The van der Waals surface area contributed by atoms with Crippen molar-refractivity contribution in [2.45, 2.75) is 32.0 Å². The quantitative estimate of drug-likeness (QED) is 0.336. The zero-order valence-corrected chi connectivity index (χ0v) is 25.4. The molecule has 3 aromatic rings. The van der Waals surface area contributed by atoms with E-state index in [1.165, 1.54) is 0 Å². The van der Waals surface area contributed by atoms with Crippen LogP contribution < -0.4 is 10.6 Å². The van der Waals surface area contributed by atoms with Crippen LogP contribution in [-0.2, 0) is 14.8 Å². The van der Waals surface area contributed by atoms with Gasteiger partial charge in [0.05, 0.1) is 24.0 Å². The van der Waals surface area contributed by atoms with Crippen molar-refractivity contribution >= 4 is 50.9 Å². The molecule has 0 spiro atoms. The molecule has 224 valence electrons. The molecule has 1 aliphatic rings. The molecule has 1 aliphatic heterocycles. The van der Waals surface area contributed by atoms with E-state index in [-0.39, 0.29) is 24.8 Å². The molecule has 42 heavy (non-hydrogen) atoms. The summed E-state index contributed by atoms with van der Waals surface area (Å²) in [7, 11) is -4.35. The van der Waals surface area contributed by atoms with Gasteiger partial charge >= 0.3 is 6.03 Å². The highest BCUT2D eigenvalue weighted by Gasteiger charge is 2.46. The van der Waals surface area contributed by atoms with Gasteiger partial charge in [0.2, 0.25) is 15.9 Å². The Morgan fingerprint density at radius 2 is 1.36 bits per heavy atom. The number of benzene rings is 3. The summed E-state index contributed by atoms with van der Waals surface area (Å²) < 4.78 is 55.0. The third kappa shape index (κ3) is 6.86. The smallest absolute Gasteiger partial charge is 0.339 e. The number of urea groups is 1. The summed E-state index contributed by atoms with van der Waals surface area (Å²) in [5.74, 6) is -3.62. The summed E-state index contributed by atoms with van der Waals surface area (Å²) in [5.41, 5.74) is 7.11. The second-order valence-corrected chi connectivity index (χ2v) is 13.3. The molecule has 13 heteroatoms. The van der Waals surface area contributed by atoms with Gasteiger partial charge in [-0.25, -0.2) is 26.3 Å². The minimum Gasteiger partial charge on any atom is -0.368 e. The second kappa shape index (κ2) is 12.5. The molecule has 1 fully saturated rings. The van der Waals surface area contributed by atoms with Gasteiger partial charge in [0.25, 0.3) is 0 Å². The number of primary amides is 1. The minimum atomic E-state index is -4.35. The molecular formula is C29H30Cl2F2N4O4S. The number of likely N-dealkylation sites (tertiary alicyclic amines) is 1. The topological polar surface area (TPSA) is 104 Å². The Bertz CT molecular complexity index is 1500. The van der Waals surface area contributed by atoms with Crippen molar-refractivity contribution in [2.75, 3.05) is 24.2 Å². The normalized spacial score (nSPS) is 15.0. The van der Waals surface area contributed by atoms with Crippen LogP contribution in [0.4, 0.5) is 19.3 Å². The lowest BCUT2D eigenvalue weighted by Crippen LogP contribution is -2.66. The Morgan fingerprint density at radius 3 is 1.74 bits per heavy atom. The number of anilines is 1. The SMILES string of the molecule is CC(C)C(C(N)=O)N(C(=O)N(c1cc(F)cc(F)c1)C1CN(C(c2ccc(Cl)cc2)c2ccc(Cl)cc2)C1)S(C)(=O)=O. The molecule has 0 aromatic heterocycles.